The van der Waals surface area contributed by atoms with Gasteiger partial charge in [0.15, 0.2) is 0 Å². The van der Waals surface area contributed by atoms with Crippen molar-refractivity contribution in [3.63, 3.8) is 0 Å². The van der Waals surface area contributed by atoms with Crippen LogP contribution in [-0.2, 0) is 14.3 Å². The number of nitrogens with zero attached hydrogens (tertiary/aromatic N) is 1. The molecule has 1 saturated heterocycles. The maximum absolute atomic E-state index is 11.7. The molecule has 7 heteroatoms. The lowest BCUT2D eigenvalue weighted by Crippen LogP contribution is -2.36. The first-order valence-corrected chi connectivity index (χ1v) is 5.55. The number of carbonyl (C=O) groups excluding carboxylic acids is 1. The first-order valence-electron chi connectivity index (χ1n) is 5.55. The van der Waals surface area contributed by atoms with Gasteiger partial charge in [0, 0.05) is 13.1 Å². The Labute approximate surface area is 104 Å². The second kappa shape index (κ2) is 4.83. The van der Waals surface area contributed by atoms with Gasteiger partial charge in [-0.1, -0.05) is 0 Å². The van der Waals surface area contributed by atoms with Gasteiger partial charge in [0.2, 0.25) is 0 Å². The SMILES string of the molecule is CC(C)(C)OC(=O)N1C[C@H](C(=O)O)[C@H](C(=O)O)C1. The fraction of sp³-hybridized carbons (Fsp3) is 0.727. The number of carboxylic acids is 2. The lowest BCUT2D eigenvalue weighted by Gasteiger charge is -2.24. The van der Waals surface area contributed by atoms with Gasteiger partial charge in [-0.3, -0.25) is 9.59 Å². The second-order valence-corrected chi connectivity index (χ2v) is 5.27. The van der Waals surface area contributed by atoms with E-state index in [1.165, 1.54) is 0 Å². The van der Waals surface area contributed by atoms with Crippen LogP contribution in [0.2, 0.25) is 0 Å². The van der Waals surface area contributed by atoms with Gasteiger partial charge in [0.1, 0.15) is 5.60 Å². The van der Waals surface area contributed by atoms with Crippen LogP contribution in [0.3, 0.4) is 0 Å². The number of likely N-dealkylation sites (tertiary alicyclic amines) is 1. The highest BCUT2D eigenvalue weighted by Gasteiger charge is 2.44. The van der Waals surface area contributed by atoms with Crippen molar-refractivity contribution in [2.24, 2.45) is 11.8 Å². The van der Waals surface area contributed by atoms with Crippen LogP contribution in [0.1, 0.15) is 20.8 Å². The van der Waals surface area contributed by atoms with Crippen molar-refractivity contribution in [3.05, 3.63) is 0 Å². The molecule has 18 heavy (non-hydrogen) atoms. The summed E-state index contributed by atoms with van der Waals surface area (Å²) in [6.07, 6.45) is -0.683. The van der Waals surface area contributed by atoms with Gasteiger partial charge in [0.25, 0.3) is 0 Å². The van der Waals surface area contributed by atoms with Crippen LogP contribution in [0.5, 0.6) is 0 Å². The van der Waals surface area contributed by atoms with Gasteiger partial charge in [0.05, 0.1) is 11.8 Å². The highest BCUT2D eigenvalue weighted by atomic mass is 16.6. The van der Waals surface area contributed by atoms with Gasteiger partial charge in [-0.2, -0.15) is 0 Å². The van der Waals surface area contributed by atoms with Crippen molar-refractivity contribution in [1.29, 1.82) is 0 Å². The average Bonchev–Trinajstić information content (AvgIpc) is 2.58. The van der Waals surface area contributed by atoms with Crippen LogP contribution in [0, 0.1) is 11.8 Å². The summed E-state index contributed by atoms with van der Waals surface area (Å²) in [6, 6.07) is 0. The largest absolute Gasteiger partial charge is 0.481 e. The van der Waals surface area contributed by atoms with E-state index in [0.717, 1.165) is 4.90 Å². The van der Waals surface area contributed by atoms with Crippen molar-refractivity contribution < 1.29 is 29.3 Å². The minimum atomic E-state index is -1.21. The third-order valence-corrected chi connectivity index (χ3v) is 2.61. The Bertz CT molecular complexity index is 350. The summed E-state index contributed by atoms with van der Waals surface area (Å²) in [6.45, 7) is 4.78. The number of ether oxygens (including phenoxy) is 1. The van der Waals surface area contributed by atoms with E-state index in [0.29, 0.717) is 0 Å². The Kier molecular flexibility index (Phi) is 3.83. The minimum absolute atomic E-state index is 0.138. The summed E-state index contributed by atoms with van der Waals surface area (Å²) in [7, 11) is 0. The predicted molar refractivity (Wildman–Crippen MR) is 60.1 cm³/mol. The Morgan fingerprint density at radius 1 is 1.06 bits per heavy atom. The molecular weight excluding hydrogens is 242 g/mol. The first kappa shape index (κ1) is 14.3. The molecular formula is C11H17NO6. The number of aliphatic carboxylic acids is 2. The van der Waals surface area contributed by atoms with Crippen molar-refractivity contribution in [2.75, 3.05) is 13.1 Å². The van der Waals surface area contributed by atoms with Gasteiger partial charge in [-0.15, -0.1) is 0 Å². The second-order valence-electron chi connectivity index (χ2n) is 5.27. The van der Waals surface area contributed by atoms with Crippen molar-refractivity contribution in [2.45, 2.75) is 26.4 Å². The van der Waals surface area contributed by atoms with E-state index in [-0.39, 0.29) is 13.1 Å². The van der Waals surface area contributed by atoms with Crippen LogP contribution < -0.4 is 0 Å². The third kappa shape index (κ3) is 3.35. The summed E-state index contributed by atoms with van der Waals surface area (Å²) < 4.78 is 5.08. The molecule has 1 heterocycles. The van der Waals surface area contributed by atoms with Crippen molar-refractivity contribution in [3.8, 4) is 0 Å². The molecule has 1 amide bonds. The molecule has 0 bridgehead atoms. The molecule has 1 aliphatic heterocycles. The molecule has 0 saturated carbocycles. The van der Waals surface area contributed by atoms with E-state index in [9.17, 15) is 14.4 Å². The molecule has 0 aliphatic carbocycles. The molecule has 1 aliphatic rings. The quantitative estimate of drug-likeness (QED) is 0.754. The molecule has 2 N–H and O–H groups in total. The maximum Gasteiger partial charge on any atom is 0.410 e. The minimum Gasteiger partial charge on any atom is -0.481 e. The molecule has 0 spiro atoms. The molecule has 0 aromatic heterocycles. The summed E-state index contributed by atoms with van der Waals surface area (Å²) in [4.78, 5) is 34.7. The van der Waals surface area contributed by atoms with E-state index in [1.807, 2.05) is 0 Å². The van der Waals surface area contributed by atoms with E-state index >= 15 is 0 Å². The molecule has 0 radical (unpaired) electrons. The first-order chi connectivity index (χ1) is 8.11. The third-order valence-electron chi connectivity index (χ3n) is 2.61. The Morgan fingerprint density at radius 3 is 1.72 bits per heavy atom. The molecule has 2 atom stereocenters. The number of amides is 1. The molecule has 7 nitrogen and oxygen atoms in total. The van der Waals surface area contributed by atoms with Gasteiger partial charge in [-0.25, -0.2) is 4.79 Å². The van der Waals surface area contributed by atoms with Crippen LogP contribution >= 0.6 is 0 Å². The molecule has 102 valence electrons. The van der Waals surface area contributed by atoms with Gasteiger partial charge < -0.3 is 19.8 Å². The van der Waals surface area contributed by atoms with Crippen LogP contribution in [0.4, 0.5) is 4.79 Å². The van der Waals surface area contributed by atoms with E-state index in [4.69, 9.17) is 14.9 Å². The van der Waals surface area contributed by atoms with E-state index in [1.54, 1.807) is 20.8 Å². The Hall–Kier alpha value is -1.79. The summed E-state index contributed by atoms with van der Waals surface area (Å²) in [5, 5.41) is 17.8. The smallest absolute Gasteiger partial charge is 0.410 e. The lowest BCUT2D eigenvalue weighted by molar-refractivity contribution is -0.151. The zero-order valence-electron chi connectivity index (χ0n) is 10.5. The highest BCUT2D eigenvalue weighted by molar-refractivity contribution is 5.83. The predicted octanol–water partition coefficient (Wildman–Crippen LogP) is 0.639. The van der Waals surface area contributed by atoms with Crippen LogP contribution in [0.25, 0.3) is 0 Å². The maximum atomic E-state index is 11.7. The normalized spacial score (nSPS) is 23.8. The Balaban J connectivity index is 2.75. The zero-order valence-corrected chi connectivity index (χ0v) is 10.5. The topological polar surface area (TPSA) is 104 Å². The molecule has 0 aromatic rings. The zero-order chi connectivity index (χ0) is 14.1. The number of carboxylic acid groups (broad SMARTS) is 2. The fourth-order valence-electron chi connectivity index (χ4n) is 1.78. The van der Waals surface area contributed by atoms with E-state index < -0.39 is 35.5 Å². The summed E-state index contributed by atoms with van der Waals surface area (Å²) >= 11 is 0. The molecule has 1 fully saturated rings. The Morgan fingerprint density at radius 2 is 1.44 bits per heavy atom. The summed E-state index contributed by atoms with van der Waals surface area (Å²) in [5.41, 5.74) is -0.697. The molecule has 0 unspecified atom stereocenters. The van der Waals surface area contributed by atoms with Crippen LogP contribution in [-0.4, -0.2) is 51.8 Å². The standard InChI is InChI=1S/C11H17NO6/c1-11(2,3)18-10(17)12-4-6(8(13)14)7(5-12)9(15)16/h6-7H,4-5H2,1-3H3,(H,13,14)(H,15,16)/t6-,7+. The van der Waals surface area contributed by atoms with E-state index in [2.05, 4.69) is 0 Å². The molecule has 0 aromatic carbocycles. The average molecular weight is 259 g/mol. The lowest BCUT2D eigenvalue weighted by atomic mass is 9.97. The number of rotatable bonds is 2. The number of hydrogen-bond donors (Lipinski definition) is 2. The van der Waals surface area contributed by atoms with Gasteiger partial charge >= 0.3 is 18.0 Å². The monoisotopic (exact) mass is 259 g/mol. The van der Waals surface area contributed by atoms with Crippen molar-refractivity contribution in [1.82, 2.24) is 4.90 Å². The summed E-state index contributed by atoms with van der Waals surface area (Å²) in [5.74, 6) is -4.60. The van der Waals surface area contributed by atoms with Crippen LogP contribution in [0.15, 0.2) is 0 Å². The van der Waals surface area contributed by atoms with Gasteiger partial charge in [-0.05, 0) is 20.8 Å². The van der Waals surface area contributed by atoms with Crippen molar-refractivity contribution >= 4 is 18.0 Å². The number of hydrogen-bond acceptors (Lipinski definition) is 4. The molecule has 1 rings (SSSR count). The number of carbonyl (C=O) groups is 3. The highest BCUT2D eigenvalue weighted by Crippen LogP contribution is 2.25. The fourth-order valence-corrected chi connectivity index (χ4v) is 1.78.